The molecule has 0 aliphatic carbocycles. The second kappa shape index (κ2) is 6.36. The van der Waals surface area contributed by atoms with Crippen LogP contribution in [-0.4, -0.2) is 48.3 Å². The summed E-state index contributed by atoms with van der Waals surface area (Å²) < 4.78 is 5.48. The second-order valence-corrected chi connectivity index (χ2v) is 5.32. The van der Waals surface area contributed by atoms with Crippen LogP contribution in [0.3, 0.4) is 0 Å². The normalized spacial score (nSPS) is 18.5. The second-order valence-electron chi connectivity index (χ2n) is 5.32. The van der Waals surface area contributed by atoms with Crippen molar-refractivity contribution in [2.45, 2.75) is 46.1 Å². The summed E-state index contributed by atoms with van der Waals surface area (Å²) in [6.07, 6.45) is 2.83. The topological polar surface area (TPSA) is 49.8 Å². The molecule has 0 aromatic heterocycles. The van der Waals surface area contributed by atoms with Gasteiger partial charge in [-0.25, -0.2) is 0 Å². The first kappa shape index (κ1) is 14.5. The van der Waals surface area contributed by atoms with Gasteiger partial charge >= 0.3 is 0 Å². The third-order valence-electron chi connectivity index (χ3n) is 3.64. The smallest absolute Gasteiger partial charge is 0.228 e. The Kier molecular flexibility index (Phi) is 5.40. The molecule has 1 heterocycles. The summed E-state index contributed by atoms with van der Waals surface area (Å²) in [5, 5.41) is 8.69. The van der Waals surface area contributed by atoms with E-state index in [1.807, 2.05) is 18.7 Å². The predicted molar refractivity (Wildman–Crippen MR) is 66.7 cm³/mol. The molecule has 0 radical (unpaired) electrons. The van der Waals surface area contributed by atoms with Crippen molar-refractivity contribution in [1.29, 1.82) is 0 Å². The summed E-state index contributed by atoms with van der Waals surface area (Å²) in [5.74, 6) is 0.251. The lowest BCUT2D eigenvalue weighted by Crippen LogP contribution is -2.46. The van der Waals surface area contributed by atoms with Gasteiger partial charge in [0.05, 0.1) is 19.3 Å². The van der Waals surface area contributed by atoms with E-state index < -0.39 is 0 Å². The molecule has 0 bridgehead atoms. The SMILES string of the molecule is CCC(C)(C)C(=O)N1CCC(OCCO)CC1. The van der Waals surface area contributed by atoms with Crippen LogP contribution in [-0.2, 0) is 9.53 Å². The van der Waals surface area contributed by atoms with Gasteiger partial charge in [0.2, 0.25) is 5.91 Å². The highest BCUT2D eigenvalue weighted by Gasteiger charge is 2.32. The molecule has 1 aliphatic heterocycles. The lowest BCUT2D eigenvalue weighted by Gasteiger charge is -2.36. The van der Waals surface area contributed by atoms with E-state index in [1.165, 1.54) is 0 Å². The third-order valence-corrected chi connectivity index (χ3v) is 3.64. The van der Waals surface area contributed by atoms with Gasteiger partial charge in [-0.2, -0.15) is 0 Å². The molecule has 1 saturated heterocycles. The van der Waals surface area contributed by atoms with Crippen LogP contribution in [0.4, 0.5) is 0 Å². The van der Waals surface area contributed by atoms with Crippen molar-refractivity contribution in [3.05, 3.63) is 0 Å². The first-order valence-electron chi connectivity index (χ1n) is 6.53. The molecule has 1 fully saturated rings. The van der Waals surface area contributed by atoms with E-state index >= 15 is 0 Å². The van der Waals surface area contributed by atoms with Crippen LogP contribution in [0.2, 0.25) is 0 Å². The van der Waals surface area contributed by atoms with Gasteiger partial charge in [-0.1, -0.05) is 20.8 Å². The maximum Gasteiger partial charge on any atom is 0.228 e. The molecule has 1 amide bonds. The number of ether oxygens (including phenoxy) is 1. The molecule has 100 valence electrons. The standard InChI is InChI=1S/C13H25NO3/c1-4-13(2,3)12(16)14-7-5-11(6-8-14)17-10-9-15/h11,15H,4-10H2,1-3H3. The van der Waals surface area contributed by atoms with Crippen molar-refractivity contribution in [1.82, 2.24) is 4.90 Å². The number of hydrogen-bond donors (Lipinski definition) is 1. The summed E-state index contributed by atoms with van der Waals surface area (Å²) >= 11 is 0. The van der Waals surface area contributed by atoms with Crippen LogP contribution in [0.25, 0.3) is 0 Å². The van der Waals surface area contributed by atoms with Crippen LogP contribution in [0.15, 0.2) is 0 Å². The summed E-state index contributed by atoms with van der Waals surface area (Å²) in [7, 11) is 0. The molecular formula is C13H25NO3. The van der Waals surface area contributed by atoms with E-state index in [0.717, 1.165) is 32.4 Å². The van der Waals surface area contributed by atoms with Gasteiger partial charge in [0.15, 0.2) is 0 Å². The highest BCUT2D eigenvalue weighted by atomic mass is 16.5. The molecular weight excluding hydrogens is 218 g/mol. The van der Waals surface area contributed by atoms with Crippen LogP contribution in [0, 0.1) is 5.41 Å². The first-order chi connectivity index (χ1) is 8.01. The van der Waals surface area contributed by atoms with Gasteiger partial charge in [0.25, 0.3) is 0 Å². The molecule has 1 rings (SSSR count). The van der Waals surface area contributed by atoms with Crippen LogP contribution >= 0.6 is 0 Å². The molecule has 0 saturated carbocycles. The molecule has 0 spiro atoms. The molecule has 4 heteroatoms. The summed E-state index contributed by atoms with van der Waals surface area (Å²) in [5.41, 5.74) is -0.251. The van der Waals surface area contributed by atoms with Crippen molar-refractivity contribution in [3.63, 3.8) is 0 Å². The number of hydrogen-bond acceptors (Lipinski definition) is 3. The van der Waals surface area contributed by atoms with E-state index in [9.17, 15) is 4.79 Å². The largest absolute Gasteiger partial charge is 0.394 e. The average molecular weight is 243 g/mol. The van der Waals surface area contributed by atoms with Gasteiger partial charge in [-0.3, -0.25) is 4.79 Å². The number of nitrogens with zero attached hydrogens (tertiary/aromatic N) is 1. The van der Waals surface area contributed by atoms with Crippen LogP contribution < -0.4 is 0 Å². The van der Waals surface area contributed by atoms with E-state index in [4.69, 9.17) is 9.84 Å². The zero-order valence-corrected chi connectivity index (χ0v) is 11.2. The van der Waals surface area contributed by atoms with Crippen molar-refractivity contribution in [3.8, 4) is 0 Å². The lowest BCUT2D eigenvalue weighted by atomic mass is 9.88. The Morgan fingerprint density at radius 3 is 2.47 bits per heavy atom. The zero-order chi connectivity index (χ0) is 12.9. The Bertz CT molecular complexity index is 245. The van der Waals surface area contributed by atoms with Crippen LogP contribution in [0.1, 0.15) is 40.0 Å². The van der Waals surface area contributed by atoms with Gasteiger partial charge in [0.1, 0.15) is 0 Å². The predicted octanol–water partition coefficient (Wildman–Crippen LogP) is 1.42. The van der Waals surface area contributed by atoms with E-state index in [2.05, 4.69) is 6.92 Å². The number of piperidine rings is 1. The number of likely N-dealkylation sites (tertiary alicyclic amines) is 1. The maximum atomic E-state index is 12.2. The van der Waals surface area contributed by atoms with Crippen molar-refractivity contribution in [2.75, 3.05) is 26.3 Å². The molecule has 0 unspecified atom stereocenters. The van der Waals surface area contributed by atoms with Crippen molar-refractivity contribution in [2.24, 2.45) is 5.41 Å². The van der Waals surface area contributed by atoms with Gasteiger partial charge in [-0.15, -0.1) is 0 Å². The average Bonchev–Trinajstić information content (AvgIpc) is 2.36. The van der Waals surface area contributed by atoms with E-state index in [-0.39, 0.29) is 24.0 Å². The molecule has 1 aliphatic rings. The first-order valence-corrected chi connectivity index (χ1v) is 6.53. The van der Waals surface area contributed by atoms with Crippen molar-refractivity contribution >= 4 is 5.91 Å². The fraction of sp³-hybridized carbons (Fsp3) is 0.923. The summed E-state index contributed by atoms with van der Waals surface area (Å²) in [6, 6.07) is 0. The van der Waals surface area contributed by atoms with Gasteiger partial charge in [-0.05, 0) is 19.3 Å². The number of aliphatic hydroxyl groups is 1. The quantitative estimate of drug-likeness (QED) is 0.794. The number of carbonyl (C=O) groups is 1. The molecule has 0 atom stereocenters. The molecule has 1 N–H and O–H groups in total. The molecule has 0 aromatic carbocycles. The summed E-state index contributed by atoms with van der Waals surface area (Å²) in [6.45, 7) is 8.08. The Labute approximate surface area is 104 Å². The van der Waals surface area contributed by atoms with Crippen molar-refractivity contribution < 1.29 is 14.6 Å². The Morgan fingerprint density at radius 1 is 1.41 bits per heavy atom. The third kappa shape index (κ3) is 3.96. The molecule has 17 heavy (non-hydrogen) atoms. The van der Waals surface area contributed by atoms with Crippen LogP contribution in [0.5, 0.6) is 0 Å². The monoisotopic (exact) mass is 243 g/mol. The van der Waals surface area contributed by atoms with E-state index in [1.54, 1.807) is 0 Å². The van der Waals surface area contributed by atoms with Gasteiger partial charge in [0, 0.05) is 18.5 Å². The highest BCUT2D eigenvalue weighted by Crippen LogP contribution is 2.25. The Balaban J connectivity index is 2.39. The maximum absolute atomic E-state index is 12.2. The Morgan fingerprint density at radius 2 is 2.00 bits per heavy atom. The fourth-order valence-electron chi connectivity index (χ4n) is 2.02. The summed E-state index contributed by atoms with van der Waals surface area (Å²) in [4.78, 5) is 14.2. The van der Waals surface area contributed by atoms with Gasteiger partial charge < -0.3 is 14.7 Å². The molecule has 4 nitrogen and oxygen atoms in total. The number of aliphatic hydroxyl groups excluding tert-OH is 1. The number of amides is 1. The molecule has 0 aromatic rings. The number of carbonyl (C=O) groups excluding carboxylic acids is 1. The minimum Gasteiger partial charge on any atom is -0.394 e. The fourth-order valence-corrected chi connectivity index (χ4v) is 2.02. The number of rotatable bonds is 5. The Hall–Kier alpha value is -0.610. The lowest BCUT2D eigenvalue weighted by molar-refractivity contribution is -0.143. The highest BCUT2D eigenvalue weighted by molar-refractivity contribution is 5.81. The minimum absolute atomic E-state index is 0.0714. The zero-order valence-electron chi connectivity index (χ0n) is 11.2. The van der Waals surface area contributed by atoms with E-state index in [0.29, 0.717) is 6.61 Å². The minimum atomic E-state index is -0.251.